The molecule has 0 aromatic heterocycles. The molecule has 0 unspecified atom stereocenters. The van der Waals surface area contributed by atoms with Crippen molar-refractivity contribution in [1.82, 2.24) is 0 Å². The first-order valence-electron chi connectivity index (χ1n) is 7.19. The number of hydrogen-bond donors (Lipinski definition) is 0. The Morgan fingerprint density at radius 2 is 1.78 bits per heavy atom. The molecule has 1 rings (SSSR count). The first-order valence-corrected chi connectivity index (χ1v) is 7.19. The average Bonchev–Trinajstić information content (AvgIpc) is 2.44. The van der Waals surface area contributed by atoms with Crippen LogP contribution in [0.1, 0.15) is 27.2 Å². The minimum Gasteiger partial charge on any atom is -0.463 e. The lowest BCUT2D eigenvalue weighted by Gasteiger charge is -2.39. The van der Waals surface area contributed by atoms with Gasteiger partial charge in [-0.3, -0.25) is 14.4 Å². The van der Waals surface area contributed by atoms with E-state index in [0.717, 1.165) is 0 Å². The summed E-state index contributed by atoms with van der Waals surface area (Å²) < 4.78 is 26.4. The topological polar surface area (TPSA) is 97.4 Å². The zero-order valence-corrected chi connectivity index (χ0v) is 13.5. The van der Waals surface area contributed by atoms with E-state index in [2.05, 4.69) is 6.58 Å². The van der Waals surface area contributed by atoms with Crippen molar-refractivity contribution in [2.24, 2.45) is 0 Å². The van der Waals surface area contributed by atoms with Crippen LogP contribution in [0.5, 0.6) is 0 Å². The molecule has 0 aromatic carbocycles. The summed E-state index contributed by atoms with van der Waals surface area (Å²) in [6.45, 7) is 7.43. The fourth-order valence-electron chi connectivity index (χ4n) is 2.16. The predicted octanol–water partition coefficient (Wildman–Crippen LogP) is 0.730. The molecule has 0 aliphatic carbocycles. The Labute approximate surface area is 134 Å². The summed E-state index contributed by atoms with van der Waals surface area (Å²) in [7, 11) is 0. The van der Waals surface area contributed by atoms with Gasteiger partial charge in [-0.1, -0.05) is 6.08 Å². The Bertz CT molecular complexity index is 447. The molecule has 0 radical (unpaired) electrons. The molecule has 1 aliphatic heterocycles. The van der Waals surface area contributed by atoms with Gasteiger partial charge in [-0.15, -0.1) is 6.58 Å². The van der Waals surface area contributed by atoms with Gasteiger partial charge in [-0.2, -0.15) is 0 Å². The SMILES string of the molecule is C=CCO[C@@H]1O[C@H](COC(C)=O)C[C@H](OC(C)=O)[C@H]1OC(C)=O. The zero-order valence-electron chi connectivity index (χ0n) is 13.5. The average molecular weight is 330 g/mol. The van der Waals surface area contributed by atoms with Gasteiger partial charge in [0.1, 0.15) is 12.7 Å². The standard InChI is InChI=1S/C15H22O8/c1-5-6-19-15-14(22-11(4)18)13(21-10(3)17)7-12(23-15)8-20-9(2)16/h5,12-15H,1,6-8H2,2-4H3/t12-,13-,14+,15+/m0/s1. The summed E-state index contributed by atoms with van der Waals surface area (Å²) in [6, 6.07) is 0. The molecule has 0 bridgehead atoms. The number of carbonyl (C=O) groups is 3. The van der Waals surface area contributed by atoms with Crippen molar-refractivity contribution in [2.75, 3.05) is 13.2 Å². The van der Waals surface area contributed by atoms with Crippen LogP contribution in [0.2, 0.25) is 0 Å². The minimum atomic E-state index is -0.962. The Morgan fingerprint density at radius 3 is 2.30 bits per heavy atom. The van der Waals surface area contributed by atoms with Gasteiger partial charge < -0.3 is 23.7 Å². The number of esters is 3. The van der Waals surface area contributed by atoms with Gasteiger partial charge in [0, 0.05) is 27.2 Å². The minimum absolute atomic E-state index is 0.0200. The van der Waals surface area contributed by atoms with Crippen LogP contribution >= 0.6 is 0 Å². The molecular formula is C15H22O8. The second-order valence-electron chi connectivity index (χ2n) is 5.01. The quantitative estimate of drug-likeness (QED) is 0.383. The summed E-state index contributed by atoms with van der Waals surface area (Å²) in [6.07, 6.45) is -1.48. The first kappa shape index (κ1) is 19.1. The molecule has 0 aromatic rings. The molecule has 1 heterocycles. The number of rotatable bonds is 7. The number of ether oxygens (including phenoxy) is 5. The lowest BCUT2D eigenvalue weighted by atomic mass is 10.0. The van der Waals surface area contributed by atoms with E-state index in [4.69, 9.17) is 23.7 Å². The van der Waals surface area contributed by atoms with Gasteiger partial charge in [0.05, 0.1) is 12.7 Å². The summed E-state index contributed by atoms with van der Waals surface area (Å²) in [5.74, 6) is -1.53. The van der Waals surface area contributed by atoms with E-state index >= 15 is 0 Å². The number of carbonyl (C=O) groups excluding carboxylic acids is 3. The summed E-state index contributed by atoms with van der Waals surface area (Å²) in [4.78, 5) is 33.5. The van der Waals surface area contributed by atoms with E-state index in [-0.39, 0.29) is 19.6 Å². The van der Waals surface area contributed by atoms with Crippen LogP contribution in [-0.4, -0.2) is 55.7 Å². The highest BCUT2D eigenvalue weighted by molar-refractivity contribution is 5.67. The molecule has 4 atom stereocenters. The lowest BCUT2D eigenvalue weighted by molar-refractivity contribution is -0.276. The van der Waals surface area contributed by atoms with E-state index in [1.165, 1.54) is 26.8 Å². The van der Waals surface area contributed by atoms with Gasteiger partial charge in [0.25, 0.3) is 0 Å². The van der Waals surface area contributed by atoms with Crippen LogP contribution in [0.4, 0.5) is 0 Å². The third kappa shape index (κ3) is 6.79. The predicted molar refractivity (Wildman–Crippen MR) is 77.2 cm³/mol. The maximum absolute atomic E-state index is 11.3. The van der Waals surface area contributed by atoms with E-state index in [1.807, 2.05) is 0 Å². The van der Waals surface area contributed by atoms with Crippen LogP contribution < -0.4 is 0 Å². The molecule has 1 aliphatic rings. The maximum atomic E-state index is 11.3. The third-order valence-electron chi connectivity index (χ3n) is 2.93. The molecule has 1 saturated heterocycles. The second-order valence-corrected chi connectivity index (χ2v) is 5.01. The van der Waals surface area contributed by atoms with Gasteiger partial charge in [-0.05, 0) is 0 Å². The summed E-state index contributed by atoms with van der Waals surface area (Å²) >= 11 is 0. The van der Waals surface area contributed by atoms with Crippen molar-refractivity contribution in [3.63, 3.8) is 0 Å². The Hall–Kier alpha value is -1.93. The fraction of sp³-hybridized carbons (Fsp3) is 0.667. The highest BCUT2D eigenvalue weighted by atomic mass is 16.7. The normalized spacial score (nSPS) is 26.9. The molecule has 130 valence electrons. The molecule has 23 heavy (non-hydrogen) atoms. The number of hydrogen-bond acceptors (Lipinski definition) is 8. The maximum Gasteiger partial charge on any atom is 0.303 e. The van der Waals surface area contributed by atoms with Gasteiger partial charge in [0.15, 0.2) is 12.4 Å². The highest BCUT2D eigenvalue weighted by Crippen LogP contribution is 2.27. The van der Waals surface area contributed by atoms with Crippen LogP contribution in [0, 0.1) is 0 Å². The lowest BCUT2D eigenvalue weighted by Crippen LogP contribution is -2.53. The summed E-state index contributed by atoms with van der Waals surface area (Å²) in [5.41, 5.74) is 0. The second kappa shape index (κ2) is 9.26. The van der Waals surface area contributed by atoms with Crippen LogP contribution in [0.25, 0.3) is 0 Å². The Kier molecular flexibility index (Phi) is 7.70. The van der Waals surface area contributed by atoms with E-state index in [0.29, 0.717) is 0 Å². The fourth-order valence-corrected chi connectivity index (χ4v) is 2.16. The van der Waals surface area contributed by atoms with Gasteiger partial charge in [-0.25, -0.2) is 0 Å². The van der Waals surface area contributed by atoms with E-state index in [9.17, 15) is 14.4 Å². The van der Waals surface area contributed by atoms with Crippen molar-refractivity contribution in [3.05, 3.63) is 12.7 Å². The molecule has 8 nitrogen and oxygen atoms in total. The van der Waals surface area contributed by atoms with Crippen LogP contribution in [0.15, 0.2) is 12.7 Å². The molecule has 0 N–H and O–H groups in total. The molecular weight excluding hydrogens is 308 g/mol. The first-order chi connectivity index (χ1) is 10.8. The third-order valence-corrected chi connectivity index (χ3v) is 2.93. The smallest absolute Gasteiger partial charge is 0.303 e. The molecule has 0 amide bonds. The zero-order chi connectivity index (χ0) is 17.4. The summed E-state index contributed by atoms with van der Waals surface area (Å²) in [5, 5.41) is 0. The molecule has 1 fully saturated rings. The van der Waals surface area contributed by atoms with Gasteiger partial charge >= 0.3 is 17.9 Å². The van der Waals surface area contributed by atoms with Crippen molar-refractivity contribution in [1.29, 1.82) is 0 Å². The Morgan fingerprint density at radius 1 is 1.13 bits per heavy atom. The van der Waals surface area contributed by atoms with E-state index in [1.54, 1.807) is 0 Å². The van der Waals surface area contributed by atoms with Crippen molar-refractivity contribution >= 4 is 17.9 Å². The van der Waals surface area contributed by atoms with Crippen molar-refractivity contribution in [3.8, 4) is 0 Å². The monoisotopic (exact) mass is 330 g/mol. The largest absolute Gasteiger partial charge is 0.463 e. The van der Waals surface area contributed by atoms with Gasteiger partial charge in [0.2, 0.25) is 0 Å². The Balaban J connectivity index is 2.88. The molecule has 8 heteroatoms. The highest BCUT2D eigenvalue weighted by Gasteiger charge is 2.44. The molecule has 0 spiro atoms. The van der Waals surface area contributed by atoms with E-state index < -0.39 is 42.5 Å². The molecule has 0 saturated carbocycles. The van der Waals surface area contributed by atoms with Crippen molar-refractivity contribution in [2.45, 2.75) is 51.8 Å². The van der Waals surface area contributed by atoms with Crippen LogP contribution in [0.3, 0.4) is 0 Å². The van der Waals surface area contributed by atoms with Crippen LogP contribution in [-0.2, 0) is 38.1 Å². The van der Waals surface area contributed by atoms with Crippen molar-refractivity contribution < 1.29 is 38.1 Å².